The zero-order valence-corrected chi connectivity index (χ0v) is 10.3. The number of anilines is 1. The molecule has 1 atom stereocenters. The van der Waals surface area contributed by atoms with Crippen molar-refractivity contribution < 1.29 is 14.3 Å². The first-order valence-corrected chi connectivity index (χ1v) is 5.61. The Labute approximate surface area is 104 Å². The van der Waals surface area contributed by atoms with Crippen LogP contribution in [0.15, 0.2) is 0 Å². The van der Waals surface area contributed by atoms with Gasteiger partial charge in [0.2, 0.25) is 11.9 Å². The number of piperidine rings is 1. The Balaban J connectivity index is 2.14. The number of amides is 1. The Hall–Kier alpha value is -2.12. The molecule has 98 valence electrons. The van der Waals surface area contributed by atoms with Crippen molar-refractivity contribution in [2.24, 2.45) is 0 Å². The van der Waals surface area contributed by atoms with Gasteiger partial charge in [-0.2, -0.15) is 9.97 Å². The van der Waals surface area contributed by atoms with Gasteiger partial charge >= 0.3 is 12.0 Å². The SMILES string of the molecule is COc1nc(NC2CCCNC2=O)nc(OC)n1. The van der Waals surface area contributed by atoms with Gasteiger partial charge in [0.15, 0.2) is 0 Å². The fourth-order valence-corrected chi connectivity index (χ4v) is 1.65. The first-order valence-electron chi connectivity index (χ1n) is 5.61. The van der Waals surface area contributed by atoms with Gasteiger partial charge in [0.1, 0.15) is 6.04 Å². The van der Waals surface area contributed by atoms with Crippen LogP contribution in [0.1, 0.15) is 12.8 Å². The summed E-state index contributed by atoms with van der Waals surface area (Å²) in [5, 5.41) is 5.72. The smallest absolute Gasteiger partial charge is 0.324 e. The van der Waals surface area contributed by atoms with Crippen molar-refractivity contribution >= 4 is 11.9 Å². The van der Waals surface area contributed by atoms with E-state index in [1.807, 2.05) is 0 Å². The second-order valence-electron chi connectivity index (χ2n) is 3.76. The van der Waals surface area contributed by atoms with E-state index < -0.39 is 0 Å². The molecule has 0 aliphatic carbocycles. The van der Waals surface area contributed by atoms with Crippen molar-refractivity contribution in [3.05, 3.63) is 0 Å². The van der Waals surface area contributed by atoms with Crippen LogP contribution < -0.4 is 20.1 Å². The van der Waals surface area contributed by atoms with E-state index in [2.05, 4.69) is 25.6 Å². The molecule has 18 heavy (non-hydrogen) atoms. The minimum Gasteiger partial charge on any atom is -0.467 e. The average Bonchev–Trinajstić information content (AvgIpc) is 2.41. The van der Waals surface area contributed by atoms with Crippen molar-refractivity contribution in [1.82, 2.24) is 20.3 Å². The van der Waals surface area contributed by atoms with Crippen LogP contribution in [-0.4, -0.2) is 47.7 Å². The van der Waals surface area contributed by atoms with Crippen molar-refractivity contribution in [3.8, 4) is 12.0 Å². The van der Waals surface area contributed by atoms with Crippen molar-refractivity contribution in [2.45, 2.75) is 18.9 Å². The number of aromatic nitrogens is 3. The van der Waals surface area contributed by atoms with E-state index >= 15 is 0 Å². The Bertz CT molecular complexity index is 417. The number of rotatable bonds is 4. The summed E-state index contributed by atoms with van der Waals surface area (Å²) in [6.07, 6.45) is 1.66. The lowest BCUT2D eigenvalue weighted by Gasteiger charge is -2.22. The summed E-state index contributed by atoms with van der Waals surface area (Å²) < 4.78 is 9.86. The predicted octanol–water partition coefficient (Wildman–Crippen LogP) is -0.421. The van der Waals surface area contributed by atoms with Crippen LogP contribution in [-0.2, 0) is 4.79 Å². The first kappa shape index (κ1) is 12.3. The molecule has 2 N–H and O–H groups in total. The van der Waals surface area contributed by atoms with Crippen LogP contribution >= 0.6 is 0 Å². The molecule has 8 nitrogen and oxygen atoms in total. The van der Waals surface area contributed by atoms with Gasteiger partial charge in [-0.3, -0.25) is 4.79 Å². The summed E-state index contributed by atoms with van der Waals surface area (Å²) in [6.45, 7) is 0.709. The quantitative estimate of drug-likeness (QED) is 0.751. The summed E-state index contributed by atoms with van der Waals surface area (Å²) in [4.78, 5) is 23.5. The maximum absolute atomic E-state index is 11.6. The second-order valence-corrected chi connectivity index (χ2v) is 3.76. The summed E-state index contributed by atoms with van der Waals surface area (Å²) in [5.41, 5.74) is 0. The number of methoxy groups -OCH3 is 2. The number of ether oxygens (including phenoxy) is 2. The fourth-order valence-electron chi connectivity index (χ4n) is 1.65. The maximum Gasteiger partial charge on any atom is 0.324 e. The van der Waals surface area contributed by atoms with Crippen LogP contribution in [0.4, 0.5) is 5.95 Å². The van der Waals surface area contributed by atoms with E-state index in [4.69, 9.17) is 9.47 Å². The van der Waals surface area contributed by atoms with Crippen LogP contribution in [0.25, 0.3) is 0 Å². The molecule has 0 bridgehead atoms. The molecule has 0 radical (unpaired) electrons. The van der Waals surface area contributed by atoms with Gasteiger partial charge in [0.05, 0.1) is 14.2 Å². The summed E-state index contributed by atoms with van der Waals surface area (Å²) in [6, 6.07) is -0.0586. The van der Waals surface area contributed by atoms with Crippen LogP contribution in [0.3, 0.4) is 0 Å². The molecule has 1 fully saturated rings. The van der Waals surface area contributed by atoms with Gasteiger partial charge in [-0.15, -0.1) is 4.98 Å². The number of hydrogen-bond donors (Lipinski definition) is 2. The molecule has 1 aromatic rings. The fraction of sp³-hybridized carbons (Fsp3) is 0.600. The standard InChI is InChI=1S/C10H15N5O3/c1-17-9-13-8(14-10(15-9)18-2)12-6-4-3-5-11-7(6)16/h6H,3-5H2,1-2H3,(H,11,16)(H,12,13,14,15). The minimum atomic E-state index is -0.337. The van der Waals surface area contributed by atoms with Crippen molar-refractivity contribution in [3.63, 3.8) is 0 Å². The van der Waals surface area contributed by atoms with Crippen molar-refractivity contribution in [2.75, 3.05) is 26.1 Å². The Morgan fingerprint density at radius 2 is 1.89 bits per heavy atom. The molecule has 1 aliphatic heterocycles. The average molecular weight is 253 g/mol. The highest BCUT2D eigenvalue weighted by atomic mass is 16.5. The van der Waals surface area contributed by atoms with Crippen LogP contribution in [0.5, 0.6) is 12.0 Å². The number of carbonyl (C=O) groups is 1. The van der Waals surface area contributed by atoms with E-state index in [1.165, 1.54) is 14.2 Å². The lowest BCUT2D eigenvalue weighted by Crippen LogP contribution is -2.44. The highest BCUT2D eigenvalue weighted by Gasteiger charge is 2.23. The summed E-state index contributed by atoms with van der Waals surface area (Å²) in [5.74, 6) is 0.209. The molecule has 0 saturated carbocycles. The highest BCUT2D eigenvalue weighted by molar-refractivity contribution is 5.84. The molecule has 0 spiro atoms. The molecule has 1 saturated heterocycles. The van der Waals surface area contributed by atoms with Gasteiger partial charge in [0.25, 0.3) is 0 Å². The van der Waals surface area contributed by atoms with Gasteiger partial charge in [-0.25, -0.2) is 0 Å². The van der Waals surface area contributed by atoms with Gasteiger partial charge < -0.3 is 20.1 Å². The highest BCUT2D eigenvalue weighted by Crippen LogP contribution is 2.15. The van der Waals surface area contributed by atoms with E-state index in [1.54, 1.807) is 0 Å². The number of hydrogen-bond acceptors (Lipinski definition) is 7. The third kappa shape index (κ3) is 2.76. The number of nitrogens with one attached hydrogen (secondary N) is 2. The zero-order chi connectivity index (χ0) is 13.0. The molecule has 1 unspecified atom stereocenters. The lowest BCUT2D eigenvalue weighted by atomic mass is 10.1. The van der Waals surface area contributed by atoms with E-state index in [0.29, 0.717) is 6.54 Å². The maximum atomic E-state index is 11.6. The monoisotopic (exact) mass is 253 g/mol. The second kappa shape index (κ2) is 5.48. The van der Waals surface area contributed by atoms with E-state index in [-0.39, 0.29) is 29.9 Å². The molecule has 1 amide bonds. The van der Waals surface area contributed by atoms with Crippen LogP contribution in [0.2, 0.25) is 0 Å². The number of carbonyl (C=O) groups excluding carboxylic acids is 1. The zero-order valence-electron chi connectivity index (χ0n) is 10.3. The van der Waals surface area contributed by atoms with Crippen molar-refractivity contribution in [1.29, 1.82) is 0 Å². The summed E-state index contributed by atoms with van der Waals surface area (Å²) >= 11 is 0. The topological polar surface area (TPSA) is 98.3 Å². The molecular formula is C10H15N5O3. The van der Waals surface area contributed by atoms with Crippen LogP contribution in [0, 0.1) is 0 Å². The third-order valence-corrected chi connectivity index (χ3v) is 2.55. The molecular weight excluding hydrogens is 238 g/mol. The minimum absolute atomic E-state index is 0.0559. The molecule has 2 heterocycles. The predicted molar refractivity (Wildman–Crippen MR) is 62.6 cm³/mol. The van der Waals surface area contributed by atoms with E-state index in [0.717, 1.165) is 12.8 Å². The third-order valence-electron chi connectivity index (χ3n) is 2.55. The Morgan fingerprint density at radius 3 is 2.44 bits per heavy atom. The van der Waals surface area contributed by atoms with Gasteiger partial charge in [0, 0.05) is 6.54 Å². The Kier molecular flexibility index (Phi) is 3.75. The molecule has 2 rings (SSSR count). The lowest BCUT2D eigenvalue weighted by molar-refractivity contribution is -0.123. The summed E-state index contributed by atoms with van der Waals surface area (Å²) in [7, 11) is 2.90. The first-order chi connectivity index (χ1) is 8.72. The largest absolute Gasteiger partial charge is 0.467 e. The molecule has 1 aliphatic rings. The number of nitrogens with zero attached hydrogens (tertiary/aromatic N) is 3. The Morgan fingerprint density at radius 1 is 1.22 bits per heavy atom. The molecule has 0 aromatic carbocycles. The van der Waals surface area contributed by atoms with E-state index in [9.17, 15) is 4.79 Å². The van der Waals surface area contributed by atoms with Gasteiger partial charge in [-0.1, -0.05) is 0 Å². The van der Waals surface area contributed by atoms with Gasteiger partial charge in [-0.05, 0) is 12.8 Å². The normalized spacial score (nSPS) is 19.0. The molecule has 8 heteroatoms. The molecule has 1 aromatic heterocycles.